The maximum absolute atomic E-state index is 13.4. The Morgan fingerprint density at radius 2 is 1.92 bits per heavy atom. The Hall–Kier alpha value is -4.24. The van der Waals surface area contributed by atoms with Crippen LogP contribution in [0.4, 0.5) is 15.8 Å². The first-order valence-corrected chi connectivity index (χ1v) is 11.8. The summed E-state index contributed by atoms with van der Waals surface area (Å²) in [5.74, 6) is -0.220. The number of nitrogens with one attached hydrogen (secondary N) is 1. The lowest BCUT2D eigenvalue weighted by Crippen LogP contribution is -2.14. The molecule has 1 aromatic heterocycles. The standard InChI is InChI=1S/C27H24ClFN4O4/c1-16-11-23(9-10-25(16)33(35)36)37-15-19-5-4-6-20(12-19)27(34)30-26-17(2)31-32(18(26)3)14-21-7-8-22(29)13-24(21)28/h4-13H,14-15H2,1-3H3,(H,30,34). The van der Waals surface area contributed by atoms with Crippen LogP contribution in [0.25, 0.3) is 0 Å². The number of aryl methyl sites for hydroxylation is 2. The number of nitro benzene ring substituents is 1. The molecule has 190 valence electrons. The first-order valence-electron chi connectivity index (χ1n) is 11.4. The Morgan fingerprint density at radius 3 is 2.62 bits per heavy atom. The smallest absolute Gasteiger partial charge is 0.272 e. The van der Waals surface area contributed by atoms with Crippen LogP contribution in [-0.2, 0) is 13.2 Å². The number of amides is 1. The fraction of sp³-hybridized carbons (Fsp3) is 0.185. The highest BCUT2D eigenvalue weighted by molar-refractivity contribution is 6.31. The topological polar surface area (TPSA) is 99.3 Å². The van der Waals surface area contributed by atoms with E-state index in [-0.39, 0.29) is 18.2 Å². The molecule has 10 heteroatoms. The lowest BCUT2D eigenvalue weighted by atomic mass is 10.1. The van der Waals surface area contributed by atoms with Gasteiger partial charge < -0.3 is 10.1 Å². The molecule has 0 radical (unpaired) electrons. The zero-order valence-electron chi connectivity index (χ0n) is 20.4. The van der Waals surface area contributed by atoms with Gasteiger partial charge in [0.05, 0.1) is 28.5 Å². The Kier molecular flexibility index (Phi) is 7.54. The maximum atomic E-state index is 13.4. The fourth-order valence-electron chi connectivity index (χ4n) is 3.92. The average molecular weight is 523 g/mol. The van der Waals surface area contributed by atoms with Crippen molar-refractivity contribution in [3.8, 4) is 5.75 Å². The van der Waals surface area contributed by atoms with Crippen molar-refractivity contribution in [2.24, 2.45) is 0 Å². The van der Waals surface area contributed by atoms with E-state index in [9.17, 15) is 19.3 Å². The molecule has 0 bridgehead atoms. The second-order valence-electron chi connectivity index (χ2n) is 8.59. The molecule has 3 aromatic carbocycles. The molecule has 0 atom stereocenters. The number of carbonyl (C=O) groups is 1. The molecule has 1 amide bonds. The van der Waals surface area contributed by atoms with Crippen LogP contribution < -0.4 is 10.1 Å². The van der Waals surface area contributed by atoms with E-state index >= 15 is 0 Å². The number of aromatic nitrogens is 2. The van der Waals surface area contributed by atoms with Gasteiger partial charge in [-0.15, -0.1) is 0 Å². The number of anilines is 1. The summed E-state index contributed by atoms with van der Waals surface area (Å²) in [6.07, 6.45) is 0. The molecule has 4 aromatic rings. The largest absolute Gasteiger partial charge is 0.489 e. The zero-order valence-corrected chi connectivity index (χ0v) is 21.2. The van der Waals surface area contributed by atoms with Crippen LogP contribution in [0.15, 0.2) is 60.7 Å². The Morgan fingerprint density at radius 1 is 1.14 bits per heavy atom. The highest BCUT2D eigenvalue weighted by Crippen LogP contribution is 2.25. The molecule has 1 heterocycles. The van der Waals surface area contributed by atoms with E-state index in [1.165, 1.54) is 18.2 Å². The molecule has 0 aliphatic heterocycles. The van der Waals surface area contributed by atoms with E-state index in [0.29, 0.717) is 45.4 Å². The van der Waals surface area contributed by atoms with Gasteiger partial charge in [-0.05, 0) is 68.3 Å². The number of halogens is 2. The van der Waals surface area contributed by atoms with Crippen molar-refractivity contribution in [2.75, 3.05) is 5.32 Å². The number of hydrogen-bond donors (Lipinski definition) is 1. The number of carbonyl (C=O) groups excluding carboxylic acids is 1. The van der Waals surface area contributed by atoms with Gasteiger partial charge in [0.2, 0.25) is 0 Å². The Balaban J connectivity index is 1.45. The molecule has 0 saturated heterocycles. The molecule has 1 N–H and O–H groups in total. The average Bonchev–Trinajstić information content (AvgIpc) is 3.11. The van der Waals surface area contributed by atoms with E-state index in [0.717, 1.165) is 11.3 Å². The number of rotatable bonds is 8. The summed E-state index contributed by atoms with van der Waals surface area (Å²) in [7, 11) is 0. The number of nitrogens with zero attached hydrogens (tertiary/aromatic N) is 3. The van der Waals surface area contributed by atoms with Crippen LogP contribution in [0.1, 0.15) is 38.4 Å². The van der Waals surface area contributed by atoms with Gasteiger partial charge in [-0.3, -0.25) is 19.6 Å². The summed E-state index contributed by atoms with van der Waals surface area (Å²) in [5.41, 5.74) is 4.40. The van der Waals surface area contributed by atoms with E-state index in [2.05, 4.69) is 10.4 Å². The first-order chi connectivity index (χ1) is 17.6. The third-order valence-electron chi connectivity index (χ3n) is 5.91. The van der Waals surface area contributed by atoms with Crippen molar-refractivity contribution in [3.05, 3.63) is 115 Å². The lowest BCUT2D eigenvalue weighted by Gasteiger charge is -2.10. The molecule has 0 aliphatic rings. The summed E-state index contributed by atoms with van der Waals surface area (Å²) < 4.78 is 20.9. The SMILES string of the molecule is Cc1cc(OCc2cccc(C(=O)Nc3c(C)nn(Cc4ccc(F)cc4Cl)c3C)c2)ccc1[N+](=O)[O-]. The minimum absolute atomic E-state index is 0.0284. The van der Waals surface area contributed by atoms with Crippen molar-refractivity contribution in [1.29, 1.82) is 0 Å². The Bertz CT molecular complexity index is 1500. The van der Waals surface area contributed by atoms with Gasteiger partial charge in [0.1, 0.15) is 18.2 Å². The quantitative estimate of drug-likeness (QED) is 0.213. The molecule has 8 nitrogen and oxygen atoms in total. The summed E-state index contributed by atoms with van der Waals surface area (Å²) in [4.78, 5) is 23.6. The van der Waals surface area contributed by atoms with Crippen LogP contribution in [-0.4, -0.2) is 20.6 Å². The van der Waals surface area contributed by atoms with Crippen LogP contribution in [0.2, 0.25) is 5.02 Å². The van der Waals surface area contributed by atoms with E-state index in [1.807, 2.05) is 13.0 Å². The van der Waals surface area contributed by atoms with Crippen molar-refractivity contribution >= 4 is 28.9 Å². The molecule has 0 aliphatic carbocycles. The van der Waals surface area contributed by atoms with Gasteiger partial charge in [0.25, 0.3) is 11.6 Å². The summed E-state index contributed by atoms with van der Waals surface area (Å²) >= 11 is 6.16. The van der Waals surface area contributed by atoms with Crippen molar-refractivity contribution in [3.63, 3.8) is 0 Å². The molecule has 4 rings (SSSR count). The van der Waals surface area contributed by atoms with Crippen LogP contribution in [0.3, 0.4) is 0 Å². The van der Waals surface area contributed by atoms with Gasteiger partial charge in [0, 0.05) is 22.2 Å². The highest BCUT2D eigenvalue weighted by Gasteiger charge is 2.17. The first kappa shape index (κ1) is 25.8. The normalized spacial score (nSPS) is 10.8. The highest BCUT2D eigenvalue weighted by atomic mass is 35.5. The number of nitro groups is 1. The third-order valence-corrected chi connectivity index (χ3v) is 6.27. The third kappa shape index (κ3) is 5.95. The lowest BCUT2D eigenvalue weighted by molar-refractivity contribution is -0.385. The van der Waals surface area contributed by atoms with Crippen LogP contribution >= 0.6 is 11.6 Å². The van der Waals surface area contributed by atoms with Gasteiger partial charge in [-0.25, -0.2) is 4.39 Å². The minimum atomic E-state index is -0.438. The summed E-state index contributed by atoms with van der Waals surface area (Å²) in [6, 6.07) is 15.8. The number of ether oxygens (including phenoxy) is 1. The van der Waals surface area contributed by atoms with E-state index in [4.69, 9.17) is 16.3 Å². The van der Waals surface area contributed by atoms with Gasteiger partial charge in [-0.1, -0.05) is 29.8 Å². The predicted octanol–water partition coefficient (Wildman–Crippen LogP) is 6.39. The summed E-state index contributed by atoms with van der Waals surface area (Å²) in [6.45, 7) is 5.80. The van der Waals surface area contributed by atoms with Gasteiger partial charge >= 0.3 is 0 Å². The minimum Gasteiger partial charge on any atom is -0.489 e. The van der Waals surface area contributed by atoms with Gasteiger partial charge in [-0.2, -0.15) is 5.10 Å². The summed E-state index contributed by atoms with van der Waals surface area (Å²) in [5, 5.41) is 18.7. The van der Waals surface area contributed by atoms with E-state index < -0.39 is 10.7 Å². The van der Waals surface area contributed by atoms with Crippen LogP contribution in [0, 0.1) is 36.7 Å². The van der Waals surface area contributed by atoms with Gasteiger partial charge in [0.15, 0.2) is 0 Å². The second-order valence-corrected chi connectivity index (χ2v) is 8.99. The van der Waals surface area contributed by atoms with Crippen molar-refractivity contribution < 1.29 is 18.8 Å². The van der Waals surface area contributed by atoms with Crippen LogP contribution in [0.5, 0.6) is 5.75 Å². The van der Waals surface area contributed by atoms with Crippen molar-refractivity contribution in [2.45, 2.75) is 33.9 Å². The predicted molar refractivity (Wildman–Crippen MR) is 139 cm³/mol. The fourth-order valence-corrected chi connectivity index (χ4v) is 4.15. The zero-order chi connectivity index (χ0) is 26.7. The second kappa shape index (κ2) is 10.8. The Labute approximate surface area is 217 Å². The molecular weight excluding hydrogens is 499 g/mol. The maximum Gasteiger partial charge on any atom is 0.272 e. The molecule has 0 unspecified atom stereocenters. The number of benzene rings is 3. The molecule has 0 saturated carbocycles. The number of hydrogen-bond acceptors (Lipinski definition) is 5. The molecular formula is C27H24ClFN4O4. The van der Waals surface area contributed by atoms with Crippen molar-refractivity contribution in [1.82, 2.24) is 9.78 Å². The molecule has 0 spiro atoms. The molecule has 0 fully saturated rings. The monoisotopic (exact) mass is 522 g/mol. The molecule has 37 heavy (non-hydrogen) atoms. The van der Waals surface area contributed by atoms with E-state index in [1.54, 1.807) is 54.9 Å².